The molecule has 4 heteroatoms. The fraction of sp³-hybridized carbons (Fsp3) is 0.400. The molecular formula is C10H13BrO2Si. The van der Waals surface area contributed by atoms with E-state index in [1.165, 1.54) is 5.19 Å². The predicted molar refractivity (Wildman–Crippen MR) is 63.2 cm³/mol. The van der Waals surface area contributed by atoms with Crippen LogP contribution < -0.4 is 14.7 Å². The molecule has 0 saturated heterocycles. The zero-order valence-corrected chi connectivity index (χ0v) is 11.1. The molecule has 0 radical (unpaired) electrons. The molecule has 1 aromatic rings. The third-order valence-electron chi connectivity index (χ3n) is 2.24. The minimum atomic E-state index is -1.39. The van der Waals surface area contributed by atoms with Gasteiger partial charge < -0.3 is 9.47 Å². The lowest BCUT2D eigenvalue weighted by Crippen LogP contribution is -2.39. The fourth-order valence-electron chi connectivity index (χ4n) is 1.65. The van der Waals surface area contributed by atoms with Gasteiger partial charge in [-0.1, -0.05) is 35.6 Å². The quantitative estimate of drug-likeness (QED) is 0.732. The Bertz CT molecular complexity index is 371. The molecule has 0 N–H and O–H groups in total. The minimum absolute atomic E-state index is 0.350. The number of fused-ring (bicyclic) bond motifs is 1. The summed E-state index contributed by atoms with van der Waals surface area (Å²) in [6.45, 7) is 7.25. The third-order valence-corrected chi connectivity index (χ3v) is 5.26. The first-order valence-corrected chi connectivity index (χ1v) is 8.88. The van der Waals surface area contributed by atoms with E-state index >= 15 is 0 Å². The highest BCUT2D eigenvalue weighted by molar-refractivity contribution is 9.10. The van der Waals surface area contributed by atoms with E-state index in [0.29, 0.717) is 6.79 Å². The Hall–Kier alpha value is -0.483. The summed E-state index contributed by atoms with van der Waals surface area (Å²) in [5.41, 5.74) is 0. The first kappa shape index (κ1) is 10.0. The van der Waals surface area contributed by atoms with Crippen LogP contribution in [0.5, 0.6) is 11.5 Å². The van der Waals surface area contributed by atoms with Gasteiger partial charge in [-0.25, -0.2) is 0 Å². The van der Waals surface area contributed by atoms with Gasteiger partial charge in [0.15, 0.2) is 11.5 Å². The van der Waals surface area contributed by atoms with Crippen molar-refractivity contribution in [3.63, 3.8) is 0 Å². The van der Waals surface area contributed by atoms with Crippen LogP contribution in [0.4, 0.5) is 0 Å². The molecule has 76 valence electrons. The number of hydrogen-bond donors (Lipinski definition) is 0. The molecule has 0 unspecified atom stereocenters. The lowest BCUT2D eigenvalue weighted by atomic mass is 10.3. The normalized spacial score (nSPS) is 14.6. The van der Waals surface area contributed by atoms with Gasteiger partial charge in [-0.3, -0.25) is 0 Å². The van der Waals surface area contributed by atoms with Crippen LogP contribution in [0.25, 0.3) is 0 Å². The van der Waals surface area contributed by atoms with E-state index in [9.17, 15) is 0 Å². The van der Waals surface area contributed by atoms with Gasteiger partial charge in [-0.15, -0.1) is 0 Å². The molecule has 2 nitrogen and oxygen atoms in total. The van der Waals surface area contributed by atoms with Crippen molar-refractivity contribution in [2.75, 3.05) is 6.79 Å². The third kappa shape index (κ3) is 1.57. The second kappa shape index (κ2) is 3.27. The summed E-state index contributed by atoms with van der Waals surface area (Å²) in [6, 6.07) is 4.00. The average molecular weight is 273 g/mol. The monoisotopic (exact) mass is 272 g/mol. The molecule has 2 rings (SSSR count). The molecule has 1 aromatic carbocycles. The van der Waals surface area contributed by atoms with E-state index in [1.54, 1.807) is 0 Å². The van der Waals surface area contributed by atoms with Gasteiger partial charge in [0.05, 0.1) is 8.07 Å². The average Bonchev–Trinajstić information content (AvgIpc) is 2.48. The van der Waals surface area contributed by atoms with Crippen molar-refractivity contribution in [3.8, 4) is 11.5 Å². The molecule has 0 fully saturated rings. The molecular weight excluding hydrogens is 260 g/mol. The summed E-state index contributed by atoms with van der Waals surface area (Å²) in [4.78, 5) is 0. The van der Waals surface area contributed by atoms with Crippen molar-refractivity contribution in [1.29, 1.82) is 0 Å². The summed E-state index contributed by atoms with van der Waals surface area (Å²) in [5, 5.41) is 1.31. The Balaban J connectivity index is 2.63. The molecule has 0 atom stereocenters. The van der Waals surface area contributed by atoms with Crippen LogP contribution in [0.3, 0.4) is 0 Å². The molecule has 0 bridgehead atoms. The summed E-state index contributed by atoms with van der Waals surface area (Å²) in [6.07, 6.45) is 0. The highest BCUT2D eigenvalue weighted by Crippen LogP contribution is 2.34. The van der Waals surface area contributed by atoms with E-state index < -0.39 is 8.07 Å². The fourth-order valence-corrected chi connectivity index (χ4v) is 5.42. The van der Waals surface area contributed by atoms with Crippen LogP contribution >= 0.6 is 15.9 Å². The van der Waals surface area contributed by atoms with E-state index in [2.05, 4.69) is 35.6 Å². The molecule has 0 saturated carbocycles. The van der Waals surface area contributed by atoms with Crippen molar-refractivity contribution in [2.24, 2.45) is 0 Å². The van der Waals surface area contributed by atoms with Crippen LogP contribution in [0.1, 0.15) is 0 Å². The van der Waals surface area contributed by atoms with Crippen LogP contribution in [-0.2, 0) is 0 Å². The SMILES string of the molecule is C[Si](C)(C)c1c(Br)ccc2c1OCO2. The largest absolute Gasteiger partial charge is 0.454 e. The highest BCUT2D eigenvalue weighted by Gasteiger charge is 2.29. The summed E-state index contributed by atoms with van der Waals surface area (Å²) < 4.78 is 12.0. The maximum Gasteiger partial charge on any atom is 0.231 e. The van der Waals surface area contributed by atoms with E-state index in [1.807, 2.05) is 12.1 Å². The van der Waals surface area contributed by atoms with E-state index in [0.717, 1.165) is 16.0 Å². The number of benzene rings is 1. The maximum atomic E-state index is 5.52. The summed E-state index contributed by atoms with van der Waals surface area (Å²) >= 11 is 3.58. The molecule has 0 aliphatic carbocycles. The van der Waals surface area contributed by atoms with Gasteiger partial charge in [0, 0.05) is 4.47 Å². The Kier molecular flexibility index (Phi) is 2.35. The van der Waals surface area contributed by atoms with Crippen LogP contribution in [0, 0.1) is 0 Å². The Morgan fingerprint density at radius 1 is 1.21 bits per heavy atom. The first-order chi connectivity index (χ1) is 6.50. The standard InChI is InChI=1S/C10H13BrO2Si/c1-14(2,3)10-7(11)4-5-8-9(10)13-6-12-8/h4-5H,6H2,1-3H3. The van der Waals surface area contributed by atoms with Crippen molar-refractivity contribution in [1.82, 2.24) is 0 Å². The van der Waals surface area contributed by atoms with Gasteiger partial charge in [-0.05, 0) is 17.3 Å². The Morgan fingerprint density at radius 3 is 2.57 bits per heavy atom. The second-order valence-corrected chi connectivity index (χ2v) is 10.3. The number of halogens is 1. The van der Waals surface area contributed by atoms with Gasteiger partial charge in [-0.2, -0.15) is 0 Å². The highest BCUT2D eigenvalue weighted by atomic mass is 79.9. The molecule has 0 spiro atoms. The number of ether oxygens (including phenoxy) is 2. The number of hydrogen-bond acceptors (Lipinski definition) is 2. The zero-order chi connectivity index (χ0) is 10.3. The smallest absolute Gasteiger partial charge is 0.231 e. The Morgan fingerprint density at radius 2 is 1.93 bits per heavy atom. The van der Waals surface area contributed by atoms with Gasteiger partial charge >= 0.3 is 0 Å². The zero-order valence-electron chi connectivity index (χ0n) is 8.56. The van der Waals surface area contributed by atoms with Crippen molar-refractivity contribution in [2.45, 2.75) is 19.6 Å². The topological polar surface area (TPSA) is 18.5 Å². The molecule has 0 aromatic heterocycles. The van der Waals surface area contributed by atoms with E-state index in [-0.39, 0.29) is 0 Å². The van der Waals surface area contributed by atoms with Crippen molar-refractivity contribution in [3.05, 3.63) is 16.6 Å². The summed E-state index contributed by atoms with van der Waals surface area (Å²) in [7, 11) is -1.39. The van der Waals surface area contributed by atoms with Gasteiger partial charge in [0.1, 0.15) is 0 Å². The van der Waals surface area contributed by atoms with Crippen LogP contribution in [0.2, 0.25) is 19.6 Å². The molecule has 1 heterocycles. The Labute approximate surface area is 93.4 Å². The predicted octanol–water partition coefficient (Wildman–Crippen LogP) is 2.72. The van der Waals surface area contributed by atoms with Gasteiger partial charge in [0.2, 0.25) is 6.79 Å². The molecule has 14 heavy (non-hydrogen) atoms. The lowest BCUT2D eigenvalue weighted by Gasteiger charge is -2.20. The molecule has 1 aliphatic heterocycles. The number of rotatable bonds is 1. The van der Waals surface area contributed by atoms with Crippen LogP contribution in [0.15, 0.2) is 16.6 Å². The molecule has 1 aliphatic rings. The van der Waals surface area contributed by atoms with Crippen molar-refractivity contribution < 1.29 is 9.47 Å². The van der Waals surface area contributed by atoms with Crippen LogP contribution in [-0.4, -0.2) is 14.9 Å². The van der Waals surface area contributed by atoms with Crippen molar-refractivity contribution >= 4 is 29.2 Å². The first-order valence-electron chi connectivity index (χ1n) is 4.59. The van der Waals surface area contributed by atoms with E-state index in [4.69, 9.17) is 9.47 Å². The lowest BCUT2D eigenvalue weighted by molar-refractivity contribution is 0.174. The second-order valence-electron chi connectivity index (χ2n) is 4.41. The summed E-state index contributed by atoms with van der Waals surface area (Å²) in [5.74, 6) is 1.82. The molecule has 0 amide bonds. The van der Waals surface area contributed by atoms with Gasteiger partial charge in [0.25, 0.3) is 0 Å². The minimum Gasteiger partial charge on any atom is -0.454 e. The maximum absolute atomic E-state index is 5.52.